The lowest BCUT2D eigenvalue weighted by Gasteiger charge is -2.25. The molecule has 0 aliphatic rings. The van der Waals surface area contributed by atoms with E-state index in [1.54, 1.807) is 0 Å². The first-order chi connectivity index (χ1) is 9.44. The maximum Gasteiger partial charge on any atom is 0.303 e. The highest BCUT2D eigenvalue weighted by Gasteiger charge is 2.29. The molecule has 2 N–H and O–H groups in total. The number of hydrogen-bond acceptors (Lipinski definition) is 3. The summed E-state index contributed by atoms with van der Waals surface area (Å²) in [6.45, 7) is 2.79. The minimum atomic E-state index is -4.46. The molecule has 0 heterocycles. The third kappa shape index (κ3) is 4.71. The minimum Gasteiger partial charge on any atom is -0.481 e. The molecule has 0 atom stereocenters. The first-order valence-corrected chi connectivity index (χ1v) is 7.33. The molecule has 1 rings (SSSR count). The summed E-state index contributed by atoms with van der Waals surface area (Å²) in [4.78, 5) is 9.45. The lowest BCUT2D eigenvalue weighted by molar-refractivity contribution is -0.137. The van der Waals surface area contributed by atoms with E-state index in [4.69, 9.17) is 5.11 Å². The van der Waals surface area contributed by atoms with Crippen LogP contribution in [0.5, 0.6) is 0 Å². The van der Waals surface area contributed by atoms with Gasteiger partial charge in [0.2, 0.25) is 10.0 Å². The average molecular weight is 325 g/mol. The van der Waals surface area contributed by atoms with E-state index in [9.17, 15) is 26.4 Å². The molecule has 1 aromatic carbocycles. The number of carboxylic acid groups (broad SMARTS) is 1. The second kappa shape index (κ2) is 6.02. The summed E-state index contributed by atoms with van der Waals surface area (Å²) in [6.07, 6.45) is -0.372. The Morgan fingerprint density at radius 3 is 2.24 bits per heavy atom. The van der Waals surface area contributed by atoms with Crippen molar-refractivity contribution in [3.05, 3.63) is 29.6 Å². The van der Waals surface area contributed by atoms with Gasteiger partial charge in [-0.1, -0.05) is 0 Å². The summed E-state index contributed by atoms with van der Waals surface area (Å²) in [6, 6.07) is 0.369. The number of carbonyl (C=O) groups is 1. The van der Waals surface area contributed by atoms with E-state index in [-0.39, 0.29) is 25.0 Å². The van der Waals surface area contributed by atoms with E-state index < -0.39 is 43.9 Å². The van der Waals surface area contributed by atoms with Crippen molar-refractivity contribution in [2.75, 3.05) is 0 Å². The Morgan fingerprint density at radius 1 is 1.19 bits per heavy atom. The van der Waals surface area contributed by atoms with Crippen LogP contribution in [0.4, 0.5) is 13.2 Å². The molecule has 118 valence electrons. The summed E-state index contributed by atoms with van der Waals surface area (Å²) in [5.74, 6) is -5.56. The van der Waals surface area contributed by atoms with Gasteiger partial charge in [-0.2, -0.15) is 0 Å². The molecule has 0 bridgehead atoms. The molecule has 0 saturated heterocycles. The molecule has 0 aromatic heterocycles. The molecule has 21 heavy (non-hydrogen) atoms. The molecule has 0 saturated carbocycles. The van der Waals surface area contributed by atoms with Gasteiger partial charge in [0.25, 0.3) is 0 Å². The number of carboxylic acids is 1. The number of benzene rings is 1. The van der Waals surface area contributed by atoms with Crippen LogP contribution in [0.25, 0.3) is 0 Å². The highest BCUT2D eigenvalue weighted by molar-refractivity contribution is 7.89. The first-order valence-electron chi connectivity index (χ1n) is 5.85. The fraction of sp³-hybridized carbons (Fsp3) is 0.417. The molecule has 9 heteroatoms. The second-order valence-electron chi connectivity index (χ2n) is 5.08. The Kier molecular flexibility index (Phi) is 5.00. The molecule has 0 fully saturated rings. The van der Waals surface area contributed by atoms with Gasteiger partial charge in [-0.3, -0.25) is 4.79 Å². The van der Waals surface area contributed by atoms with Crippen LogP contribution in [0.15, 0.2) is 17.0 Å². The van der Waals surface area contributed by atoms with Crippen molar-refractivity contribution < 1.29 is 31.5 Å². The maximum atomic E-state index is 13.5. The Bertz CT molecular complexity index is 659. The molecule has 0 aliphatic carbocycles. The van der Waals surface area contributed by atoms with E-state index >= 15 is 0 Å². The van der Waals surface area contributed by atoms with Gasteiger partial charge in [0.1, 0.15) is 10.7 Å². The third-order valence-corrected chi connectivity index (χ3v) is 4.35. The van der Waals surface area contributed by atoms with Gasteiger partial charge >= 0.3 is 5.97 Å². The van der Waals surface area contributed by atoms with E-state index in [0.29, 0.717) is 0 Å². The van der Waals surface area contributed by atoms with Gasteiger partial charge in [-0.05, 0) is 26.3 Å². The molecular formula is C12H14F3NO4S. The van der Waals surface area contributed by atoms with E-state index in [1.807, 2.05) is 0 Å². The summed E-state index contributed by atoms with van der Waals surface area (Å²) in [5, 5.41) is 8.57. The maximum absolute atomic E-state index is 13.5. The lowest BCUT2D eigenvalue weighted by Crippen LogP contribution is -2.43. The van der Waals surface area contributed by atoms with Crippen molar-refractivity contribution in [2.24, 2.45) is 0 Å². The van der Waals surface area contributed by atoms with Crippen LogP contribution in [0.3, 0.4) is 0 Å². The van der Waals surface area contributed by atoms with Crippen molar-refractivity contribution >= 4 is 16.0 Å². The fourth-order valence-corrected chi connectivity index (χ4v) is 3.11. The normalized spacial score (nSPS) is 12.4. The van der Waals surface area contributed by atoms with Crippen LogP contribution in [0, 0.1) is 17.5 Å². The summed E-state index contributed by atoms with van der Waals surface area (Å²) < 4.78 is 65.4. The van der Waals surface area contributed by atoms with Crippen LogP contribution in [0.1, 0.15) is 26.7 Å². The van der Waals surface area contributed by atoms with E-state index in [2.05, 4.69) is 4.72 Å². The molecule has 0 amide bonds. The van der Waals surface area contributed by atoms with E-state index in [1.165, 1.54) is 13.8 Å². The molecule has 1 aromatic rings. The van der Waals surface area contributed by atoms with Gasteiger partial charge in [0, 0.05) is 18.0 Å². The summed E-state index contributed by atoms with van der Waals surface area (Å²) in [7, 11) is -4.46. The van der Waals surface area contributed by atoms with Crippen molar-refractivity contribution in [1.29, 1.82) is 0 Å². The highest BCUT2D eigenvalue weighted by Crippen LogP contribution is 2.21. The topological polar surface area (TPSA) is 83.5 Å². The Hall–Kier alpha value is -1.61. The van der Waals surface area contributed by atoms with Gasteiger partial charge in [0.05, 0.1) is 0 Å². The Balaban J connectivity index is 3.07. The zero-order chi connectivity index (χ0) is 16.4. The molecular weight excluding hydrogens is 311 g/mol. The standard InChI is InChI=1S/C12H14F3NO4S/c1-12(2,4-3-11(17)18)16-21(19,20)10-6-8(14)7(13)5-9(10)15/h5-6,16H,3-4H2,1-2H3,(H,17,18). The van der Waals surface area contributed by atoms with Crippen molar-refractivity contribution in [3.8, 4) is 0 Å². The summed E-state index contributed by atoms with van der Waals surface area (Å²) in [5.41, 5.74) is -1.20. The number of halogens is 3. The van der Waals surface area contributed by atoms with Crippen molar-refractivity contribution in [1.82, 2.24) is 4.72 Å². The first kappa shape index (κ1) is 17.4. The second-order valence-corrected chi connectivity index (χ2v) is 6.73. The average Bonchev–Trinajstić information content (AvgIpc) is 2.30. The van der Waals surface area contributed by atoms with Gasteiger partial charge in [-0.15, -0.1) is 0 Å². The van der Waals surface area contributed by atoms with Crippen LogP contribution in [-0.2, 0) is 14.8 Å². The van der Waals surface area contributed by atoms with Gasteiger partial charge in [0.15, 0.2) is 11.6 Å². The van der Waals surface area contributed by atoms with Crippen molar-refractivity contribution in [2.45, 2.75) is 37.1 Å². The van der Waals surface area contributed by atoms with Gasteiger partial charge < -0.3 is 5.11 Å². The molecule has 0 radical (unpaired) electrons. The summed E-state index contributed by atoms with van der Waals surface area (Å²) >= 11 is 0. The number of nitrogens with one attached hydrogen (secondary N) is 1. The molecule has 0 aliphatic heterocycles. The number of hydrogen-bond donors (Lipinski definition) is 2. The molecule has 5 nitrogen and oxygen atoms in total. The molecule has 0 unspecified atom stereocenters. The van der Waals surface area contributed by atoms with E-state index in [0.717, 1.165) is 0 Å². The van der Waals surface area contributed by atoms with Crippen LogP contribution in [0.2, 0.25) is 0 Å². The largest absolute Gasteiger partial charge is 0.481 e. The van der Waals surface area contributed by atoms with Gasteiger partial charge in [-0.25, -0.2) is 26.3 Å². The lowest BCUT2D eigenvalue weighted by atomic mass is 10.0. The smallest absolute Gasteiger partial charge is 0.303 e. The van der Waals surface area contributed by atoms with Crippen LogP contribution < -0.4 is 4.72 Å². The minimum absolute atomic E-state index is 0.0626. The Morgan fingerprint density at radius 2 is 1.71 bits per heavy atom. The quantitative estimate of drug-likeness (QED) is 0.784. The molecule has 0 spiro atoms. The van der Waals surface area contributed by atoms with Crippen LogP contribution in [-0.4, -0.2) is 25.0 Å². The third-order valence-electron chi connectivity index (χ3n) is 2.64. The number of rotatable bonds is 6. The number of sulfonamides is 1. The monoisotopic (exact) mass is 325 g/mol. The zero-order valence-electron chi connectivity index (χ0n) is 11.3. The van der Waals surface area contributed by atoms with Crippen LogP contribution >= 0.6 is 0 Å². The fourth-order valence-electron chi connectivity index (χ4n) is 1.60. The highest BCUT2D eigenvalue weighted by atomic mass is 32.2. The van der Waals surface area contributed by atoms with Crippen molar-refractivity contribution in [3.63, 3.8) is 0 Å². The predicted molar refractivity (Wildman–Crippen MR) is 67.6 cm³/mol. The Labute approximate surface area is 119 Å². The predicted octanol–water partition coefficient (Wildman–Crippen LogP) is 2.03. The SMILES string of the molecule is CC(C)(CCC(=O)O)NS(=O)(=O)c1cc(F)c(F)cc1F. The number of aliphatic carboxylic acids is 1. The zero-order valence-corrected chi connectivity index (χ0v) is 12.1.